The maximum absolute atomic E-state index is 12.6. The van der Waals surface area contributed by atoms with Crippen LogP contribution in [0.25, 0.3) is 0 Å². The second-order valence-corrected chi connectivity index (χ2v) is 5.70. The fourth-order valence-electron chi connectivity index (χ4n) is 2.49. The summed E-state index contributed by atoms with van der Waals surface area (Å²) in [4.78, 5) is 42.4. The Bertz CT molecular complexity index is 824. The second kappa shape index (κ2) is 8.15. The standard InChI is InChI=1S/C19H20N4O3/c1-4-11-22-16(20)15(18(25)23(12-5-2)19(22)26)21-17(24)13(3)14-9-7-6-8-10-14/h4-10,13,20H,1-2,11-12H2,3H3/p+1. The van der Waals surface area contributed by atoms with Crippen LogP contribution in [0.4, 0.5) is 4.79 Å². The molecule has 0 aliphatic carbocycles. The van der Waals surface area contributed by atoms with Gasteiger partial charge in [0.25, 0.3) is 11.7 Å². The van der Waals surface area contributed by atoms with Crippen LogP contribution in [0.3, 0.4) is 0 Å². The predicted octanol–water partition coefficient (Wildman–Crippen LogP) is 1.46. The monoisotopic (exact) mass is 353 g/mol. The van der Waals surface area contributed by atoms with E-state index in [0.717, 1.165) is 15.0 Å². The van der Waals surface area contributed by atoms with Crippen LogP contribution < -0.4 is 5.73 Å². The molecular formula is C19H21N4O3+. The molecule has 1 aliphatic rings. The molecule has 1 aromatic rings. The van der Waals surface area contributed by atoms with Gasteiger partial charge in [0.15, 0.2) is 0 Å². The van der Waals surface area contributed by atoms with Gasteiger partial charge in [0, 0.05) is 0 Å². The van der Waals surface area contributed by atoms with Crippen molar-refractivity contribution < 1.29 is 19.0 Å². The molecule has 1 heterocycles. The van der Waals surface area contributed by atoms with Gasteiger partial charge < -0.3 is 5.73 Å². The lowest BCUT2D eigenvalue weighted by Gasteiger charge is -2.22. The van der Waals surface area contributed by atoms with Crippen molar-refractivity contribution in [1.29, 1.82) is 0 Å². The van der Waals surface area contributed by atoms with Crippen LogP contribution in [0.2, 0.25) is 0 Å². The molecule has 0 radical (unpaired) electrons. The van der Waals surface area contributed by atoms with Gasteiger partial charge in [-0.2, -0.15) is 14.5 Å². The van der Waals surface area contributed by atoms with Crippen molar-refractivity contribution in [3.63, 3.8) is 0 Å². The lowest BCUT2D eigenvalue weighted by Crippen LogP contribution is -2.58. The highest BCUT2D eigenvalue weighted by Gasteiger charge is 2.42. The number of amides is 4. The highest BCUT2D eigenvalue weighted by Crippen LogP contribution is 2.17. The summed E-state index contributed by atoms with van der Waals surface area (Å²) in [5, 5.41) is 0. The van der Waals surface area contributed by atoms with Gasteiger partial charge in [-0.05, 0) is 12.5 Å². The number of amidine groups is 1. The molecule has 0 aromatic heterocycles. The summed E-state index contributed by atoms with van der Waals surface area (Å²) in [6.07, 6.45) is 2.88. The van der Waals surface area contributed by atoms with Crippen LogP contribution in [0.1, 0.15) is 18.4 Å². The number of benzene rings is 1. The summed E-state index contributed by atoms with van der Waals surface area (Å²) in [5.41, 5.74) is 6.47. The molecule has 1 aliphatic heterocycles. The molecule has 0 saturated heterocycles. The number of carbonyl (C=O) groups excluding carboxylic acids is 3. The second-order valence-electron chi connectivity index (χ2n) is 5.70. The summed E-state index contributed by atoms with van der Waals surface area (Å²) in [6.45, 7) is 8.88. The van der Waals surface area contributed by atoms with Gasteiger partial charge in [0.1, 0.15) is 0 Å². The van der Waals surface area contributed by atoms with Crippen LogP contribution >= 0.6 is 0 Å². The first-order valence-electron chi connectivity index (χ1n) is 8.07. The van der Waals surface area contributed by atoms with Gasteiger partial charge in [-0.3, -0.25) is 4.79 Å². The molecule has 7 heteroatoms. The Hall–Kier alpha value is -3.35. The molecule has 0 bridgehead atoms. The number of hydrogen-bond acceptors (Lipinski definition) is 4. The molecule has 0 fully saturated rings. The van der Waals surface area contributed by atoms with Crippen molar-refractivity contribution in [2.24, 2.45) is 10.7 Å². The first kappa shape index (κ1) is 19.0. The van der Waals surface area contributed by atoms with E-state index in [1.54, 1.807) is 19.1 Å². The largest absolute Gasteiger partial charge is 0.446 e. The summed E-state index contributed by atoms with van der Waals surface area (Å²) in [7, 11) is 0. The summed E-state index contributed by atoms with van der Waals surface area (Å²) < 4.78 is 1.15. The average Bonchev–Trinajstić information content (AvgIpc) is 2.65. The molecule has 1 atom stereocenters. The van der Waals surface area contributed by atoms with Gasteiger partial charge in [-0.25, -0.2) is 9.59 Å². The Morgan fingerprint density at radius 2 is 1.92 bits per heavy atom. The van der Waals surface area contributed by atoms with Gasteiger partial charge in [-0.1, -0.05) is 55.6 Å². The van der Waals surface area contributed by atoms with Crippen LogP contribution in [0.15, 0.2) is 60.6 Å². The Kier molecular flexibility index (Phi) is 5.95. The Morgan fingerprint density at radius 1 is 1.27 bits per heavy atom. The number of nitrogens with two attached hydrogens (primary N) is 1. The zero-order valence-electron chi connectivity index (χ0n) is 14.6. The Labute approximate surface area is 151 Å². The highest BCUT2D eigenvalue weighted by molar-refractivity contribution is 6.67. The lowest BCUT2D eigenvalue weighted by molar-refractivity contribution is -0.424. The van der Waals surface area contributed by atoms with Crippen LogP contribution in [0, 0.1) is 0 Å². The Balaban J connectivity index is 2.46. The van der Waals surface area contributed by atoms with Crippen molar-refractivity contribution in [2.45, 2.75) is 12.8 Å². The number of urea groups is 1. The van der Waals surface area contributed by atoms with Crippen LogP contribution in [-0.2, 0) is 9.59 Å². The van der Waals surface area contributed by atoms with Crippen molar-refractivity contribution >= 4 is 29.4 Å². The first-order valence-corrected chi connectivity index (χ1v) is 8.07. The van der Waals surface area contributed by atoms with Gasteiger partial charge >= 0.3 is 11.9 Å². The van der Waals surface area contributed by atoms with Crippen molar-refractivity contribution in [2.75, 3.05) is 13.1 Å². The SMILES string of the molecule is C=CCN1C(=O)C(=NC(=O)C(C)c2ccccc2)C(N)=[N+](CC=C)C1=O. The Morgan fingerprint density at radius 3 is 2.50 bits per heavy atom. The fourth-order valence-corrected chi connectivity index (χ4v) is 2.49. The summed E-state index contributed by atoms with van der Waals surface area (Å²) >= 11 is 0. The smallest absolute Gasteiger partial charge is 0.316 e. The number of hydrogen-bond donors (Lipinski definition) is 1. The molecule has 26 heavy (non-hydrogen) atoms. The molecule has 0 spiro atoms. The third-order valence-electron chi connectivity index (χ3n) is 3.96. The zero-order valence-corrected chi connectivity index (χ0v) is 14.6. The van der Waals surface area contributed by atoms with Crippen molar-refractivity contribution in [3.05, 3.63) is 61.2 Å². The number of nitrogens with zero attached hydrogens (tertiary/aromatic N) is 3. The van der Waals surface area contributed by atoms with E-state index in [2.05, 4.69) is 18.2 Å². The van der Waals surface area contributed by atoms with Crippen LogP contribution in [-0.4, -0.2) is 52.0 Å². The van der Waals surface area contributed by atoms with Crippen molar-refractivity contribution in [1.82, 2.24) is 4.90 Å². The van der Waals surface area contributed by atoms with E-state index < -0.39 is 23.8 Å². The predicted molar refractivity (Wildman–Crippen MR) is 99.1 cm³/mol. The molecular weight excluding hydrogens is 332 g/mol. The minimum Gasteiger partial charge on any atom is -0.316 e. The van der Waals surface area contributed by atoms with Gasteiger partial charge in [-0.15, -0.1) is 0 Å². The van der Waals surface area contributed by atoms with Crippen LogP contribution in [0.5, 0.6) is 0 Å². The van der Waals surface area contributed by atoms with E-state index in [4.69, 9.17) is 5.73 Å². The van der Waals surface area contributed by atoms with E-state index in [1.165, 1.54) is 12.2 Å². The molecule has 7 nitrogen and oxygen atoms in total. The lowest BCUT2D eigenvalue weighted by atomic mass is 10.0. The molecule has 4 amide bonds. The molecule has 134 valence electrons. The third-order valence-corrected chi connectivity index (χ3v) is 3.96. The minimum atomic E-state index is -0.721. The third kappa shape index (κ3) is 3.66. The molecule has 0 saturated carbocycles. The maximum atomic E-state index is 12.6. The quantitative estimate of drug-likeness (QED) is 0.619. The van der Waals surface area contributed by atoms with E-state index in [9.17, 15) is 14.4 Å². The normalized spacial score (nSPS) is 17.4. The summed E-state index contributed by atoms with van der Waals surface area (Å²) in [5.74, 6) is -1.95. The number of rotatable bonds is 6. The number of imide groups is 1. The van der Waals surface area contributed by atoms with E-state index >= 15 is 0 Å². The summed E-state index contributed by atoms with van der Waals surface area (Å²) in [6, 6.07) is 8.47. The first-order chi connectivity index (χ1) is 12.4. The van der Waals surface area contributed by atoms with E-state index in [0.29, 0.717) is 0 Å². The van der Waals surface area contributed by atoms with E-state index in [1.807, 2.05) is 18.2 Å². The highest BCUT2D eigenvalue weighted by atomic mass is 16.2. The topological polar surface area (TPSA) is 95.8 Å². The molecule has 2 N–H and O–H groups in total. The molecule has 1 unspecified atom stereocenters. The molecule has 1 aromatic carbocycles. The minimum absolute atomic E-state index is 0.0139. The van der Waals surface area contributed by atoms with E-state index in [-0.39, 0.29) is 24.6 Å². The number of aliphatic imine (C=N–C) groups is 1. The maximum Gasteiger partial charge on any atom is 0.446 e. The van der Waals surface area contributed by atoms with Gasteiger partial charge in [0.05, 0.1) is 19.0 Å². The molecule has 2 rings (SSSR count). The fraction of sp³-hybridized carbons (Fsp3) is 0.211. The van der Waals surface area contributed by atoms with Gasteiger partial charge in [0.2, 0.25) is 5.71 Å². The zero-order chi connectivity index (χ0) is 19.3. The number of carbonyl (C=O) groups is 3. The average molecular weight is 353 g/mol. The van der Waals surface area contributed by atoms with Crippen molar-refractivity contribution in [3.8, 4) is 0 Å².